The fourth-order valence-corrected chi connectivity index (χ4v) is 5.43. The van der Waals surface area contributed by atoms with Crippen LogP contribution in [0.4, 0.5) is 0 Å². The van der Waals surface area contributed by atoms with Gasteiger partial charge in [0.05, 0.1) is 0 Å². The summed E-state index contributed by atoms with van der Waals surface area (Å²) in [5, 5.41) is 141. The third kappa shape index (κ3) is 7.62. The van der Waals surface area contributed by atoms with Gasteiger partial charge >= 0.3 is 23.9 Å². The summed E-state index contributed by atoms with van der Waals surface area (Å²) in [6, 6.07) is 0. The molecule has 0 bridgehead atoms. The molecule has 0 aromatic heterocycles. The molecule has 0 aliphatic carbocycles. The van der Waals surface area contributed by atoms with Gasteiger partial charge < -0.3 is 105 Å². The standard InChI is InChI=1S/C24H34O25/c25-1-2(26)13(17(34)35)47-22(7(1)31)45-11-4(28)9(33)24(49-15(11)19(38)39)46-12-5(29)8(32)23(48-16(12)20(40)41)44-10-3(27)6(30)21(42)43-14(10)18(36)37/h1-16,21-33,42H,(H,34,35)(H,36,37)(H,38,39)(H,40,41)/t1-,2-,3+,4+,5+,6-,7-,8-,9-,10-,11-,12-,13-,14-,15-,16-,21?,22+,23+,24+/m0/s1. The van der Waals surface area contributed by atoms with Crippen LogP contribution in [0.2, 0.25) is 0 Å². The van der Waals surface area contributed by atoms with Crippen LogP contribution >= 0.6 is 0 Å². The summed E-state index contributed by atoms with van der Waals surface area (Å²) < 4.78 is 35.3. The predicted molar refractivity (Wildman–Crippen MR) is 136 cm³/mol. The fraction of sp³-hybridized carbons (Fsp3) is 0.833. The van der Waals surface area contributed by atoms with Crippen LogP contribution in [-0.2, 0) is 52.3 Å². The summed E-state index contributed by atoms with van der Waals surface area (Å²) in [4.78, 5) is 47.1. The Morgan fingerprint density at radius 1 is 0.347 bits per heavy atom. The Hall–Kier alpha value is -2.80. The van der Waals surface area contributed by atoms with Gasteiger partial charge in [0.25, 0.3) is 0 Å². The second-order valence-corrected chi connectivity index (χ2v) is 11.3. The number of carboxylic acids is 4. The van der Waals surface area contributed by atoms with Gasteiger partial charge in [-0.3, -0.25) is 0 Å². The lowest BCUT2D eigenvalue weighted by Gasteiger charge is -2.47. The van der Waals surface area contributed by atoms with Crippen molar-refractivity contribution < 1.29 is 124 Å². The van der Waals surface area contributed by atoms with Crippen LogP contribution in [0.3, 0.4) is 0 Å². The van der Waals surface area contributed by atoms with E-state index in [9.17, 15) is 90.7 Å². The van der Waals surface area contributed by atoms with E-state index in [0.29, 0.717) is 0 Å². The highest BCUT2D eigenvalue weighted by Crippen LogP contribution is 2.34. The van der Waals surface area contributed by atoms with Crippen LogP contribution < -0.4 is 0 Å². The smallest absolute Gasteiger partial charge is 0.335 e. The molecule has 4 heterocycles. The first-order valence-corrected chi connectivity index (χ1v) is 14.1. The van der Waals surface area contributed by atoms with E-state index < -0.39 is 147 Å². The molecule has 14 N–H and O–H groups in total. The maximum Gasteiger partial charge on any atom is 0.335 e. The zero-order valence-electron chi connectivity index (χ0n) is 24.3. The quantitative estimate of drug-likeness (QED) is 0.0995. The summed E-state index contributed by atoms with van der Waals surface area (Å²) in [6.07, 6.45) is -45.8. The molecule has 4 rings (SSSR count). The van der Waals surface area contributed by atoms with E-state index in [1.165, 1.54) is 0 Å². The Labute approximate surface area is 271 Å². The molecule has 25 heteroatoms. The second-order valence-electron chi connectivity index (χ2n) is 11.3. The highest BCUT2D eigenvalue weighted by molar-refractivity contribution is 5.75. The Balaban J connectivity index is 1.51. The van der Waals surface area contributed by atoms with Crippen molar-refractivity contribution in [3.05, 3.63) is 0 Å². The number of carbonyl (C=O) groups is 4. The average molecular weight is 723 g/mol. The fourth-order valence-electron chi connectivity index (χ4n) is 5.43. The summed E-state index contributed by atoms with van der Waals surface area (Å²) >= 11 is 0. The van der Waals surface area contributed by atoms with E-state index >= 15 is 0 Å². The Morgan fingerprint density at radius 3 is 0.980 bits per heavy atom. The molecular formula is C24H34O25. The van der Waals surface area contributed by atoms with Crippen molar-refractivity contribution in [3.8, 4) is 0 Å². The molecule has 4 saturated heterocycles. The number of aliphatic hydroxyl groups excluding tert-OH is 10. The molecule has 4 aliphatic heterocycles. The number of rotatable bonds is 10. The maximum atomic E-state index is 12.1. The third-order valence-corrected chi connectivity index (χ3v) is 8.07. The van der Waals surface area contributed by atoms with Gasteiger partial charge in [0.15, 0.2) is 49.6 Å². The van der Waals surface area contributed by atoms with Crippen LogP contribution in [0.5, 0.6) is 0 Å². The maximum absolute atomic E-state index is 12.1. The lowest BCUT2D eigenvalue weighted by Crippen LogP contribution is -2.68. The number of carboxylic acid groups (broad SMARTS) is 4. The van der Waals surface area contributed by atoms with Gasteiger partial charge in [0, 0.05) is 0 Å². The van der Waals surface area contributed by atoms with E-state index in [0.717, 1.165) is 0 Å². The van der Waals surface area contributed by atoms with E-state index in [2.05, 4.69) is 4.74 Å². The Morgan fingerprint density at radius 2 is 0.633 bits per heavy atom. The van der Waals surface area contributed by atoms with Crippen molar-refractivity contribution in [2.24, 2.45) is 0 Å². The monoisotopic (exact) mass is 722 g/mol. The minimum atomic E-state index is -2.43. The van der Waals surface area contributed by atoms with Crippen LogP contribution in [0.25, 0.3) is 0 Å². The summed E-state index contributed by atoms with van der Waals surface area (Å²) in [6.45, 7) is 0. The molecule has 49 heavy (non-hydrogen) atoms. The van der Waals surface area contributed by atoms with Crippen LogP contribution in [-0.4, -0.2) is 218 Å². The van der Waals surface area contributed by atoms with Gasteiger partial charge in [-0.1, -0.05) is 0 Å². The van der Waals surface area contributed by atoms with Gasteiger partial charge in [-0.15, -0.1) is 0 Å². The van der Waals surface area contributed by atoms with Crippen LogP contribution in [0.1, 0.15) is 0 Å². The first kappa shape index (κ1) is 39.0. The van der Waals surface area contributed by atoms with Gasteiger partial charge in [-0.25, -0.2) is 19.2 Å². The summed E-state index contributed by atoms with van der Waals surface area (Å²) in [5.74, 6) is -7.64. The van der Waals surface area contributed by atoms with Crippen molar-refractivity contribution in [2.45, 2.75) is 123 Å². The molecule has 0 aromatic carbocycles. The first-order chi connectivity index (χ1) is 22.8. The molecular weight excluding hydrogens is 688 g/mol. The molecule has 20 atom stereocenters. The lowest BCUT2D eigenvalue weighted by molar-refractivity contribution is -0.378. The predicted octanol–water partition coefficient (Wildman–Crippen LogP) is -9.38. The summed E-state index contributed by atoms with van der Waals surface area (Å²) in [5.41, 5.74) is 0. The average Bonchev–Trinajstić information content (AvgIpc) is 3.03. The van der Waals surface area contributed by atoms with Crippen molar-refractivity contribution in [2.75, 3.05) is 0 Å². The Kier molecular flexibility index (Phi) is 12.1. The van der Waals surface area contributed by atoms with Crippen molar-refractivity contribution in [3.63, 3.8) is 0 Å². The zero-order valence-corrected chi connectivity index (χ0v) is 24.3. The van der Waals surface area contributed by atoms with E-state index in [1.54, 1.807) is 0 Å². The molecule has 0 amide bonds. The molecule has 0 saturated carbocycles. The van der Waals surface area contributed by atoms with Gasteiger partial charge in [0.2, 0.25) is 0 Å². The normalized spacial score (nSPS) is 49.2. The summed E-state index contributed by atoms with van der Waals surface area (Å²) in [7, 11) is 0. The number of hydrogen-bond donors (Lipinski definition) is 14. The lowest BCUT2D eigenvalue weighted by atomic mass is 9.95. The third-order valence-electron chi connectivity index (χ3n) is 8.07. The highest BCUT2D eigenvalue weighted by atomic mass is 16.8. The van der Waals surface area contributed by atoms with Gasteiger partial charge in [-0.2, -0.15) is 0 Å². The van der Waals surface area contributed by atoms with E-state index in [1.807, 2.05) is 0 Å². The number of ether oxygens (including phenoxy) is 7. The zero-order chi connectivity index (χ0) is 36.8. The molecule has 0 radical (unpaired) electrons. The molecule has 0 aromatic rings. The molecule has 1 unspecified atom stereocenters. The second kappa shape index (κ2) is 15.2. The van der Waals surface area contributed by atoms with Gasteiger partial charge in [-0.05, 0) is 0 Å². The van der Waals surface area contributed by atoms with Gasteiger partial charge in [0.1, 0.15) is 73.2 Å². The molecule has 280 valence electrons. The highest BCUT2D eigenvalue weighted by Gasteiger charge is 2.58. The van der Waals surface area contributed by atoms with Crippen LogP contribution in [0.15, 0.2) is 0 Å². The topological polar surface area (TPSA) is 416 Å². The molecule has 4 aliphatic rings. The van der Waals surface area contributed by atoms with Crippen molar-refractivity contribution in [1.82, 2.24) is 0 Å². The van der Waals surface area contributed by atoms with E-state index in [-0.39, 0.29) is 0 Å². The van der Waals surface area contributed by atoms with Crippen LogP contribution in [0, 0.1) is 0 Å². The SMILES string of the molecule is O=C(O)[C@H]1O[C@@H](O[C@H]2[C@H](O)[C@H](O)[C@H](O[C@H]3[C@H](O)[C@H](O)[C@H](O[C@H]4[C@H](O)[C@H](O)C(O)O[C@@H]4C(=O)O)O[C@@H]3C(=O)O)O[C@@H]2C(=O)O)[C@@H](O)[C@@H](O)[C@@H]1O. The first-order valence-electron chi connectivity index (χ1n) is 14.1. The van der Waals surface area contributed by atoms with E-state index in [4.69, 9.17) is 28.4 Å². The van der Waals surface area contributed by atoms with Crippen molar-refractivity contribution in [1.29, 1.82) is 0 Å². The number of hydrogen-bond acceptors (Lipinski definition) is 21. The minimum Gasteiger partial charge on any atom is -0.479 e. The van der Waals surface area contributed by atoms with Crippen molar-refractivity contribution >= 4 is 23.9 Å². The number of aliphatic hydroxyl groups is 10. The minimum absolute atomic E-state index is 1.84. The molecule has 0 spiro atoms. The molecule has 4 fully saturated rings. The number of aliphatic carboxylic acids is 4. The largest absolute Gasteiger partial charge is 0.479 e. The Bertz CT molecular complexity index is 1220. The molecule has 25 nitrogen and oxygen atoms in total.